The maximum atomic E-state index is 3.99. The first kappa shape index (κ1) is 14.2. The number of hydrogen-bond donors (Lipinski definition) is 2. The van der Waals surface area contributed by atoms with E-state index in [2.05, 4.69) is 22.2 Å². The van der Waals surface area contributed by atoms with Crippen LogP contribution >= 0.6 is 0 Å². The Kier molecular flexibility index (Phi) is 8.65. The van der Waals surface area contributed by atoms with E-state index in [1.54, 1.807) is 6.33 Å². The average Bonchev–Trinajstić information content (AvgIpc) is 2.85. The van der Waals surface area contributed by atoms with Crippen molar-refractivity contribution in [2.75, 3.05) is 6.54 Å². The summed E-state index contributed by atoms with van der Waals surface area (Å²) in [6, 6.07) is 0. The molecule has 0 unspecified atom stereocenters. The SMILES string of the molecule is CCCCCCCCCCNCc1cnc[nH]1. The van der Waals surface area contributed by atoms with Crippen LogP contribution in [-0.4, -0.2) is 16.5 Å². The maximum absolute atomic E-state index is 3.99. The number of imidazole rings is 1. The van der Waals surface area contributed by atoms with Crippen molar-refractivity contribution in [3.05, 3.63) is 18.2 Å². The predicted molar refractivity (Wildman–Crippen MR) is 72.9 cm³/mol. The fraction of sp³-hybridized carbons (Fsp3) is 0.786. The third-order valence-electron chi connectivity index (χ3n) is 3.08. The number of H-pyrrole nitrogens is 1. The quantitative estimate of drug-likeness (QED) is 0.577. The Morgan fingerprint density at radius 3 is 2.41 bits per heavy atom. The molecule has 0 aliphatic rings. The molecule has 0 aliphatic carbocycles. The number of hydrogen-bond acceptors (Lipinski definition) is 2. The summed E-state index contributed by atoms with van der Waals surface area (Å²) in [5.74, 6) is 0. The summed E-state index contributed by atoms with van der Waals surface area (Å²) in [5.41, 5.74) is 1.17. The lowest BCUT2D eigenvalue weighted by atomic mass is 10.1. The molecule has 2 N–H and O–H groups in total. The van der Waals surface area contributed by atoms with Gasteiger partial charge in [-0.3, -0.25) is 0 Å². The number of nitrogens with zero attached hydrogens (tertiary/aromatic N) is 1. The van der Waals surface area contributed by atoms with E-state index in [1.807, 2.05) is 6.20 Å². The van der Waals surface area contributed by atoms with Crippen molar-refractivity contribution in [3.8, 4) is 0 Å². The van der Waals surface area contributed by atoms with Crippen molar-refractivity contribution < 1.29 is 0 Å². The van der Waals surface area contributed by atoms with Crippen molar-refractivity contribution in [3.63, 3.8) is 0 Å². The van der Waals surface area contributed by atoms with Gasteiger partial charge >= 0.3 is 0 Å². The molecule has 0 aromatic carbocycles. The molecule has 0 bridgehead atoms. The first-order valence-corrected chi connectivity index (χ1v) is 7.11. The summed E-state index contributed by atoms with van der Waals surface area (Å²) in [7, 11) is 0. The largest absolute Gasteiger partial charge is 0.347 e. The molecule has 1 heterocycles. The van der Waals surface area contributed by atoms with Crippen LogP contribution in [0.15, 0.2) is 12.5 Å². The van der Waals surface area contributed by atoms with Crippen LogP contribution in [0.25, 0.3) is 0 Å². The monoisotopic (exact) mass is 237 g/mol. The molecule has 0 amide bonds. The Morgan fingerprint density at radius 2 is 1.76 bits per heavy atom. The van der Waals surface area contributed by atoms with E-state index in [0.717, 1.165) is 13.1 Å². The third-order valence-corrected chi connectivity index (χ3v) is 3.08. The van der Waals surface area contributed by atoms with Crippen molar-refractivity contribution in [2.45, 2.75) is 64.8 Å². The highest BCUT2D eigenvalue weighted by Gasteiger charge is 1.93. The molecule has 98 valence electrons. The van der Waals surface area contributed by atoms with Crippen LogP contribution in [0.4, 0.5) is 0 Å². The molecule has 1 rings (SSSR count). The number of nitrogens with one attached hydrogen (secondary N) is 2. The minimum Gasteiger partial charge on any atom is -0.347 e. The van der Waals surface area contributed by atoms with Gasteiger partial charge in [0.25, 0.3) is 0 Å². The molecule has 17 heavy (non-hydrogen) atoms. The van der Waals surface area contributed by atoms with Crippen LogP contribution in [0.5, 0.6) is 0 Å². The molecule has 0 saturated carbocycles. The van der Waals surface area contributed by atoms with Gasteiger partial charge in [0.1, 0.15) is 0 Å². The molecule has 0 atom stereocenters. The van der Waals surface area contributed by atoms with E-state index in [1.165, 1.54) is 57.1 Å². The molecule has 0 spiro atoms. The Hall–Kier alpha value is -0.830. The standard InChI is InChI=1S/C14H27N3/c1-2-3-4-5-6-7-8-9-10-15-11-14-12-16-13-17-14/h12-13,15H,2-11H2,1H3,(H,16,17). The van der Waals surface area contributed by atoms with Gasteiger partial charge in [-0.1, -0.05) is 51.9 Å². The molecule has 3 nitrogen and oxygen atoms in total. The lowest BCUT2D eigenvalue weighted by Crippen LogP contribution is -2.14. The van der Waals surface area contributed by atoms with Gasteiger partial charge in [-0.2, -0.15) is 0 Å². The molecular weight excluding hydrogens is 210 g/mol. The van der Waals surface area contributed by atoms with Gasteiger partial charge in [0.05, 0.1) is 6.33 Å². The van der Waals surface area contributed by atoms with Gasteiger partial charge in [0.15, 0.2) is 0 Å². The van der Waals surface area contributed by atoms with E-state index in [9.17, 15) is 0 Å². The lowest BCUT2D eigenvalue weighted by Gasteiger charge is -2.03. The Bertz CT molecular complexity index is 244. The molecule has 1 aromatic heterocycles. The fourth-order valence-corrected chi connectivity index (χ4v) is 1.99. The van der Waals surface area contributed by atoms with Crippen molar-refractivity contribution in [1.29, 1.82) is 0 Å². The second-order valence-electron chi connectivity index (χ2n) is 4.73. The van der Waals surface area contributed by atoms with E-state index < -0.39 is 0 Å². The molecule has 3 heteroatoms. The zero-order chi connectivity index (χ0) is 12.2. The molecule has 0 radical (unpaired) electrons. The second kappa shape index (κ2) is 10.3. The normalized spacial score (nSPS) is 10.9. The van der Waals surface area contributed by atoms with Crippen LogP contribution in [0.1, 0.15) is 64.0 Å². The number of rotatable bonds is 11. The first-order valence-electron chi connectivity index (χ1n) is 7.11. The second-order valence-corrected chi connectivity index (χ2v) is 4.73. The zero-order valence-corrected chi connectivity index (χ0v) is 11.2. The minimum absolute atomic E-state index is 0.913. The molecule has 0 aliphatic heterocycles. The lowest BCUT2D eigenvalue weighted by molar-refractivity contribution is 0.553. The summed E-state index contributed by atoms with van der Waals surface area (Å²) >= 11 is 0. The highest BCUT2D eigenvalue weighted by Crippen LogP contribution is 2.07. The number of unbranched alkanes of at least 4 members (excludes halogenated alkanes) is 7. The Balaban J connectivity index is 1.76. The van der Waals surface area contributed by atoms with Gasteiger partial charge in [-0.05, 0) is 13.0 Å². The first-order chi connectivity index (χ1) is 8.43. The van der Waals surface area contributed by atoms with E-state index in [4.69, 9.17) is 0 Å². The van der Waals surface area contributed by atoms with E-state index in [-0.39, 0.29) is 0 Å². The van der Waals surface area contributed by atoms with Gasteiger partial charge in [-0.15, -0.1) is 0 Å². The highest BCUT2D eigenvalue weighted by atomic mass is 14.9. The summed E-state index contributed by atoms with van der Waals surface area (Å²) < 4.78 is 0. The van der Waals surface area contributed by atoms with Crippen LogP contribution in [-0.2, 0) is 6.54 Å². The average molecular weight is 237 g/mol. The smallest absolute Gasteiger partial charge is 0.0922 e. The Morgan fingerprint density at radius 1 is 1.06 bits per heavy atom. The fourth-order valence-electron chi connectivity index (χ4n) is 1.99. The molecule has 0 fully saturated rings. The van der Waals surface area contributed by atoms with E-state index >= 15 is 0 Å². The number of aromatic amines is 1. The zero-order valence-electron chi connectivity index (χ0n) is 11.2. The van der Waals surface area contributed by atoms with E-state index in [0.29, 0.717) is 0 Å². The summed E-state index contributed by atoms with van der Waals surface area (Å²) in [4.78, 5) is 7.08. The molecule has 1 aromatic rings. The van der Waals surface area contributed by atoms with Crippen LogP contribution in [0.2, 0.25) is 0 Å². The predicted octanol–water partition coefficient (Wildman–Crippen LogP) is 3.64. The van der Waals surface area contributed by atoms with Gasteiger partial charge in [-0.25, -0.2) is 4.98 Å². The Labute approximate surface area is 105 Å². The molecular formula is C14H27N3. The van der Waals surface area contributed by atoms with Gasteiger partial charge < -0.3 is 10.3 Å². The summed E-state index contributed by atoms with van der Waals surface area (Å²) in [5, 5.41) is 3.43. The van der Waals surface area contributed by atoms with Crippen LogP contribution in [0.3, 0.4) is 0 Å². The summed E-state index contributed by atoms with van der Waals surface area (Å²) in [6.45, 7) is 4.30. The minimum atomic E-state index is 0.913. The van der Waals surface area contributed by atoms with Crippen molar-refractivity contribution in [1.82, 2.24) is 15.3 Å². The van der Waals surface area contributed by atoms with Crippen LogP contribution in [0, 0.1) is 0 Å². The summed E-state index contributed by atoms with van der Waals surface area (Å²) in [6.07, 6.45) is 14.7. The van der Waals surface area contributed by atoms with Crippen molar-refractivity contribution in [2.24, 2.45) is 0 Å². The topological polar surface area (TPSA) is 40.7 Å². The number of aromatic nitrogens is 2. The highest BCUT2D eigenvalue weighted by molar-refractivity contribution is 4.92. The van der Waals surface area contributed by atoms with Gasteiger partial charge in [0.2, 0.25) is 0 Å². The van der Waals surface area contributed by atoms with Gasteiger partial charge in [0, 0.05) is 18.4 Å². The molecule has 0 saturated heterocycles. The van der Waals surface area contributed by atoms with Crippen LogP contribution < -0.4 is 5.32 Å². The third kappa shape index (κ3) is 7.97. The maximum Gasteiger partial charge on any atom is 0.0922 e. The van der Waals surface area contributed by atoms with Crippen molar-refractivity contribution >= 4 is 0 Å².